The van der Waals surface area contributed by atoms with Crippen molar-refractivity contribution >= 4 is 5.82 Å². The summed E-state index contributed by atoms with van der Waals surface area (Å²) in [5, 5.41) is 4.12. The fourth-order valence-electron chi connectivity index (χ4n) is 1.12. The van der Waals surface area contributed by atoms with Crippen molar-refractivity contribution in [2.45, 2.75) is 40.0 Å². The summed E-state index contributed by atoms with van der Waals surface area (Å²) in [5.41, 5.74) is 6.61. The predicted molar refractivity (Wildman–Crippen MR) is 52.2 cm³/mol. The van der Waals surface area contributed by atoms with E-state index in [0.717, 1.165) is 12.2 Å². The van der Waals surface area contributed by atoms with Gasteiger partial charge in [-0.25, -0.2) is 0 Å². The lowest BCUT2D eigenvalue weighted by Crippen LogP contribution is -2.08. The van der Waals surface area contributed by atoms with Crippen molar-refractivity contribution in [3.63, 3.8) is 0 Å². The third kappa shape index (κ3) is 2.73. The molecule has 0 aliphatic heterocycles. The van der Waals surface area contributed by atoms with Crippen LogP contribution in [0.4, 0.5) is 5.82 Å². The van der Waals surface area contributed by atoms with Crippen LogP contribution in [0, 0.1) is 0 Å². The Balaban J connectivity index is 2.64. The zero-order valence-electron chi connectivity index (χ0n) is 8.45. The maximum atomic E-state index is 5.57. The van der Waals surface area contributed by atoms with Crippen LogP contribution in [0.2, 0.25) is 0 Å². The first-order chi connectivity index (χ1) is 6.13. The lowest BCUT2D eigenvalue weighted by atomic mass is 10.4. The van der Waals surface area contributed by atoms with Crippen LogP contribution >= 0.6 is 0 Å². The fourth-order valence-corrected chi connectivity index (χ4v) is 1.12. The lowest BCUT2D eigenvalue weighted by Gasteiger charge is -2.08. The van der Waals surface area contributed by atoms with E-state index in [1.54, 1.807) is 0 Å². The monoisotopic (exact) mass is 183 g/mol. The first-order valence-electron chi connectivity index (χ1n) is 4.57. The standard InChI is InChI=1S/C9H17N3O/c1-4-12-8(5-9(10)11-12)6-13-7(2)3/h5,7H,4,6H2,1-3H3,(H2,10,11). The maximum Gasteiger partial charge on any atom is 0.145 e. The van der Waals surface area contributed by atoms with Gasteiger partial charge in [0.05, 0.1) is 18.4 Å². The molecule has 1 aromatic rings. The van der Waals surface area contributed by atoms with Crippen LogP contribution in [0.25, 0.3) is 0 Å². The highest BCUT2D eigenvalue weighted by atomic mass is 16.5. The number of rotatable bonds is 4. The van der Waals surface area contributed by atoms with Gasteiger partial charge >= 0.3 is 0 Å². The van der Waals surface area contributed by atoms with E-state index in [4.69, 9.17) is 10.5 Å². The number of nitrogens with zero attached hydrogens (tertiary/aromatic N) is 2. The van der Waals surface area contributed by atoms with E-state index in [1.807, 2.05) is 31.5 Å². The van der Waals surface area contributed by atoms with Crippen LogP contribution in [-0.2, 0) is 17.9 Å². The SMILES string of the molecule is CCn1nc(N)cc1COC(C)C. The number of hydrogen-bond donors (Lipinski definition) is 1. The first kappa shape index (κ1) is 10.1. The molecule has 74 valence electrons. The number of anilines is 1. The number of nitrogen functional groups attached to an aromatic ring is 1. The summed E-state index contributed by atoms with van der Waals surface area (Å²) in [4.78, 5) is 0. The Morgan fingerprint density at radius 3 is 2.85 bits per heavy atom. The molecule has 0 aliphatic rings. The summed E-state index contributed by atoms with van der Waals surface area (Å²) in [6, 6.07) is 1.85. The molecule has 13 heavy (non-hydrogen) atoms. The van der Waals surface area contributed by atoms with E-state index in [9.17, 15) is 0 Å². The van der Waals surface area contributed by atoms with Crippen molar-refractivity contribution in [3.05, 3.63) is 11.8 Å². The van der Waals surface area contributed by atoms with Gasteiger partial charge in [-0.15, -0.1) is 0 Å². The van der Waals surface area contributed by atoms with Gasteiger partial charge in [0.2, 0.25) is 0 Å². The minimum absolute atomic E-state index is 0.237. The van der Waals surface area contributed by atoms with Crippen molar-refractivity contribution in [1.82, 2.24) is 9.78 Å². The largest absolute Gasteiger partial charge is 0.382 e. The van der Waals surface area contributed by atoms with Crippen molar-refractivity contribution in [2.75, 3.05) is 5.73 Å². The van der Waals surface area contributed by atoms with E-state index >= 15 is 0 Å². The molecule has 0 radical (unpaired) electrons. The molecule has 0 spiro atoms. The molecule has 1 heterocycles. The van der Waals surface area contributed by atoms with Crippen molar-refractivity contribution in [3.8, 4) is 0 Å². The number of nitrogens with two attached hydrogens (primary N) is 1. The van der Waals surface area contributed by atoms with E-state index < -0.39 is 0 Å². The zero-order valence-corrected chi connectivity index (χ0v) is 8.45. The summed E-state index contributed by atoms with van der Waals surface area (Å²) in [5.74, 6) is 0.559. The Bertz CT molecular complexity index is 268. The van der Waals surface area contributed by atoms with Gasteiger partial charge < -0.3 is 10.5 Å². The van der Waals surface area contributed by atoms with Crippen molar-refractivity contribution in [1.29, 1.82) is 0 Å². The highest BCUT2D eigenvalue weighted by Crippen LogP contribution is 2.08. The van der Waals surface area contributed by atoms with Gasteiger partial charge in [-0.2, -0.15) is 5.10 Å². The summed E-state index contributed by atoms with van der Waals surface area (Å²) in [6.45, 7) is 7.46. The average molecular weight is 183 g/mol. The molecule has 0 saturated heterocycles. The second-order valence-electron chi connectivity index (χ2n) is 3.24. The lowest BCUT2D eigenvalue weighted by molar-refractivity contribution is 0.0612. The number of hydrogen-bond acceptors (Lipinski definition) is 3. The van der Waals surface area contributed by atoms with Crippen LogP contribution in [-0.4, -0.2) is 15.9 Å². The topological polar surface area (TPSA) is 53.1 Å². The Labute approximate surface area is 78.7 Å². The Hall–Kier alpha value is -1.03. The van der Waals surface area contributed by atoms with Gasteiger partial charge in [0.25, 0.3) is 0 Å². The normalized spacial score (nSPS) is 11.1. The molecule has 0 aliphatic carbocycles. The third-order valence-corrected chi connectivity index (χ3v) is 1.75. The Morgan fingerprint density at radius 1 is 1.62 bits per heavy atom. The van der Waals surface area contributed by atoms with E-state index in [-0.39, 0.29) is 6.10 Å². The van der Waals surface area contributed by atoms with Gasteiger partial charge in [-0.3, -0.25) is 4.68 Å². The van der Waals surface area contributed by atoms with Crippen LogP contribution < -0.4 is 5.73 Å². The molecule has 0 atom stereocenters. The van der Waals surface area contributed by atoms with Crippen LogP contribution in [0.5, 0.6) is 0 Å². The highest BCUT2D eigenvalue weighted by molar-refractivity contribution is 5.29. The highest BCUT2D eigenvalue weighted by Gasteiger charge is 2.04. The van der Waals surface area contributed by atoms with Crippen LogP contribution in [0.3, 0.4) is 0 Å². The minimum atomic E-state index is 0.237. The number of aromatic nitrogens is 2. The minimum Gasteiger partial charge on any atom is -0.382 e. The van der Waals surface area contributed by atoms with E-state index in [1.165, 1.54) is 0 Å². The molecule has 0 bridgehead atoms. The molecule has 0 saturated carbocycles. The van der Waals surface area contributed by atoms with Gasteiger partial charge in [0.15, 0.2) is 0 Å². The quantitative estimate of drug-likeness (QED) is 0.767. The second-order valence-corrected chi connectivity index (χ2v) is 3.24. The average Bonchev–Trinajstić information content (AvgIpc) is 2.42. The van der Waals surface area contributed by atoms with E-state index in [0.29, 0.717) is 12.4 Å². The third-order valence-electron chi connectivity index (χ3n) is 1.75. The fraction of sp³-hybridized carbons (Fsp3) is 0.667. The van der Waals surface area contributed by atoms with Crippen LogP contribution in [0.15, 0.2) is 6.07 Å². The molecular formula is C9H17N3O. The van der Waals surface area contributed by atoms with Crippen molar-refractivity contribution in [2.24, 2.45) is 0 Å². The smallest absolute Gasteiger partial charge is 0.145 e. The molecule has 4 heteroatoms. The molecule has 0 aromatic carbocycles. The molecule has 4 nitrogen and oxygen atoms in total. The molecule has 0 amide bonds. The summed E-state index contributed by atoms with van der Waals surface area (Å²) in [7, 11) is 0. The molecule has 0 unspecified atom stereocenters. The molecule has 2 N–H and O–H groups in total. The molecule has 1 rings (SSSR count). The summed E-state index contributed by atoms with van der Waals surface area (Å²) >= 11 is 0. The van der Waals surface area contributed by atoms with Gasteiger partial charge in [0, 0.05) is 12.6 Å². The van der Waals surface area contributed by atoms with Gasteiger partial charge in [-0.05, 0) is 20.8 Å². The van der Waals surface area contributed by atoms with E-state index in [2.05, 4.69) is 5.10 Å². The zero-order chi connectivity index (χ0) is 9.84. The van der Waals surface area contributed by atoms with Gasteiger partial charge in [0.1, 0.15) is 5.82 Å². The summed E-state index contributed by atoms with van der Waals surface area (Å²) in [6.07, 6.45) is 0.237. The number of aryl methyl sites for hydroxylation is 1. The molecular weight excluding hydrogens is 166 g/mol. The van der Waals surface area contributed by atoms with Crippen LogP contribution in [0.1, 0.15) is 26.5 Å². The maximum absolute atomic E-state index is 5.57. The van der Waals surface area contributed by atoms with Crippen molar-refractivity contribution < 1.29 is 4.74 Å². The second kappa shape index (κ2) is 4.28. The van der Waals surface area contributed by atoms with Gasteiger partial charge in [-0.1, -0.05) is 0 Å². The molecule has 0 fully saturated rings. The molecule has 1 aromatic heterocycles. The summed E-state index contributed by atoms with van der Waals surface area (Å²) < 4.78 is 7.33. The Kier molecular flexibility index (Phi) is 3.31. The first-order valence-corrected chi connectivity index (χ1v) is 4.57. The predicted octanol–water partition coefficient (Wildman–Crippen LogP) is 1.41. The Morgan fingerprint density at radius 2 is 2.31 bits per heavy atom. The number of ether oxygens (including phenoxy) is 1.